The van der Waals surface area contributed by atoms with E-state index in [1.807, 2.05) is 18.2 Å². The van der Waals surface area contributed by atoms with Crippen molar-refractivity contribution in [2.45, 2.75) is 25.2 Å². The van der Waals surface area contributed by atoms with Crippen LogP contribution in [-0.2, 0) is 0 Å². The highest BCUT2D eigenvalue weighted by Crippen LogP contribution is 2.35. The average molecular weight is 425 g/mol. The van der Waals surface area contributed by atoms with Crippen molar-refractivity contribution in [2.75, 3.05) is 33.0 Å². The molecule has 0 N–H and O–H groups in total. The molecule has 1 unspecified atom stereocenters. The van der Waals surface area contributed by atoms with Crippen LogP contribution in [0.4, 0.5) is 4.39 Å². The number of hydrogen-bond donors (Lipinski definition) is 0. The Labute approximate surface area is 179 Å². The number of ether oxygens (including phenoxy) is 3. The fourth-order valence-corrected chi connectivity index (χ4v) is 4.05. The number of hydrogen-bond acceptors (Lipinski definition) is 7. The second-order valence-electron chi connectivity index (χ2n) is 7.82. The van der Waals surface area contributed by atoms with E-state index < -0.39 is 0 Å². The Hall–Kier alpha value is -3.13. The Morgan fingerprint density at radius 2 is 2.06 bits per heavy atom. The topological polar surface area (TPSA) is 69.9 Å². The van der Waals surface area contributed by atoms with E-state index in [1.165, 1.54) is 12.1 Å². The van der Waals surface area contributed by atoms with Gasteiger partial charge in [-0.25, -0.2) is 4.39 Å². The molecule has 1 saturated heterocycles. The second-order valence-corrected chi connectivity index (χ2v) is 7.82. The van der Waals surface area contributed by atoms with Crippen LogP contribution in [0.2, 0.25) is 0 Å². The molecule has 0 radical (unpaired) electrons. The second kappa shape index (κ2) is 8.93. The van der Waals surface area contributed by atoms with Crippen LogP contribution in [0, 0.1) is 5.82 Å². The summed E-state index contributed by atoms with van der Waals surface area (Å²) in [6.07, 6.45) is 3.00. The third-order valence-electron chi connectivity index (χ3n) is 5.61. The van der Waals surface area contributed by atoms with Gasteiger partial charge in [0, 0.05) is 24.7 Å². The maximum absolute atomic E-state index is 13.5. The monoisotopic (exact) mass is 425 g/mol. The zero-order valence-electron chi connectivity index (χ0n) is 17.1. The van der Waals surface area contributed by atoms with Crippen LogP contribution in [0.1, 0.15) is 31.1 Å². The number of benzene rings is 2. The smallest absolute Gasteiger partial charge is 0.231 e. The summed E-state index contributed by atoms with van der Waals surface area (Å²) in [6, 6.07) is 11.9. The van der Waals surface area contributed by atoms with Gasteiger partial charge in [0.25, 0.3) is 0 Å². The van der Waals surface area contributed by atoms with E-state index in [2.05, 4.69) is 15.0 Å². The zero-order valence-corrected chi connectivity index (χ0v) is 17.1. The Bertz CT molecular complexity index is 1040. The van der Waals surface area contributed by atoms with Crippen molar-refractivity contribution in [1.82, 2.24) is 15.0 Å². The highest BCUT2D eigenvalue weighted by atomic mass is 19.1. The van der Waals surface area contributed by atoms with E-state index >= 15 is 0 Å². The Morgan fingerprint density at radius 3 is 3.00 bits per heavy atom. The van der Waals surface area contributed by atoms with Gasteiger partial charge in [0.2, 0.25) is 18.5 Å². The molecule has 1 aromatic heterocycles. The average Bonchev–Trinajstić information content (AvgIpc) is 3.46. The summed E-state index contributed by atoms with van der Waals surface area (Å²) in [7, 11) is 0. The number of piperidine rings is 1. The predicted molar refractivity (Wildman–Crippen MR) is 111 cm³/mol. The third-order valence-corrected chi connectivity index (χ3v) is 5.61. The number of aromatic nitrogens is 2. The SMILES string of the molecule is Fc1cccc(-c2noc(C3CCCN(CCCOc4ccc5c(c4)OCO5)C3)n2)c1. The molecule has 5 rings (SSSR count). The van der Waals surface area contributed by atoms with Crippen LogP contribution in [-0.4, -0.2) is 48.1 Å². The van der Waals surface area contributed by atoms with Crippen LogP contribution < -0.4 is 14.2 Å². The van der Waals surface area contributed by atoms with Crippen molar-refractivity contribution in [3.8, 4) is 28.6 Å². The number of fused-ring (bicyclic) bond motifs is 1. The van der Waals surface area contributed by atoms with Gasteiger partial charge in [0.05, 0.1) is 12.5 Å². The fourth-order valence-electron chi connectivity index (χ4n) is 4.05. The molecule has 0 spiro atoms. The number of rotatable bonds is 7. The maximum atomic E-state index is 13.5. The van der Waals surface area contributed by atoms with Gasteiger partial charge in [-0.05, 0) is 50.1 Å². The van der Waals surface area contributed by atoms with E-state index in [4.69, 9.17) is 18.7 Å². The third kappa shape index (κ3) is 4.64. The Morgan fingerprint density at radius 1 is 1.13 bits per heavy atom. The summed E-state index contributed by atoms with van der Waals surface area (Å²) in [5.41, 5.74) is 0.628. The molecular weight excluding hydrogens is 401 g/mol. The van der Waals surface area contributed by atoms with Gasteiger partial charge in [-0.15, -0.1) is 0 Å². The first-order chi connectivity index (χ1) is 15.2. The molecule has 3 heterocycles. The van der Waals surface area contributed by atoms with Crippen molar-refractivity contribution < 1.29 is 23.1 Å². The highest BCUT2D eigenvalue weighted by molar-refractivity contribution is 5.54. The summed E-state index contributed by atoms with van der Waals surface area (Å²) in [6.45, 7) is 3.75. The maximum Gasteiger partial charge on any atom is 0.231 e. The first kappa shape index (κ1) is 19.8. The minimum absolute atomic E-state index is 0.193. The van der Waals surface area contributed by atoms with Gasteiger partial charge in [-0.2, -0.15) is 4.98 Å². The lowest BCUT2D eigenvalue weighted by molar-refractivity contribution is 0.172. The van der Waals surface area contributed by atoms with Gasteiger partial charge < -0.3 is 23.6 Å². The molecule has 8 heteroatoms. The lowest BCUT2D eigenvalue weighted by Crippen LogP contribution is -2.35. The molecule has 0 amide bonds. The quantitative estimate of drug-likeness (QED) is 0.524. The molecule has 1 atom stereocenters. The molecule has 1 fully saturated rings. The van der Waals surface area contributed by atoms with Crippen LogP contribution in [0.25, 0.3) is 11.4 Å². The van der Waals surface area contributed by atoms with Crippen LogP contribution >= 0.6 is 0 Å². The molecule has 162 valence electrons. The molecule has 0 aliphatic carbocycles. The van der Waals surface area contributed by atoms with Crippen molar-refractivity contribution in [3.63, 3.8) is 0 Å². The summed E-state index contributed by atoms with van der Waals surface area (Å²) in [5.74, 6) is 3.22. The van der Waals surface area contributed by atoms with Crippen molar-refractivity contribution in [3.05, 3.63) is 54.2 Å². The molecule has 0 saturated carbocycles. The molecule has 7 nitrogen and oxygen atoms in total. The van der Waals surface area contributed by atoms with E-state index in [0.717, 1.165) is 56.1 Å². The van der Waals surface area contributed by atoms with Crippen molar-refractivity contribution >= 4 is 0 Å². The van der Waals surface area contributed by atoms with Crippen LogP contribution in [0.5, 0.6) is 17.2 Å². The largest absolute Gasteiger partial charge is 0.493 e. The minimum atomic E-state index is -0.310. The Kier molecular flexibility index (Phi) is 5.71. The molecular formula is C23H24FN3O4. The first-order valence-electron chi connectivity index (χ1n) is 10.6. The highest BCUT2D eigenvalue weighted by Gasteiger charge is 2.26. The summed E-state index contributed by atoms with van der Waals surface area (Å²) in [5, 5.41) is 4.05. The Balaban J connectivity index is 1.11. The number of likely N-dealkylation sites (tertiary alicyclic amines) is 1. The zero-order chi connectivity index (χ0) is 21.0. The number of nitrogens with zero attached hydrogens (tertiary/aromatic N) is 3. The molecule has 3 aromatic rings. The van der Waals surface area contributed by atoms with Crippen LogP contribution in [0.15, 0.2) is 47.0 Å². The van der Waals surface area contributed by atoms with E-state index in [-0.39, 0.29) is 18.5 Å². The standard InChI is InChI=1S/C23H24FN3O4/c24-18-6-1-4-16(12-18)22-25-23(31-26-22)17-5-2-9-27(14-17)10-3-11-28-19-7-8-20-21(13-19)30-15-29-20/h1,4,6-8,12-13,17H,2-3,5,9-11,14-15H2. The molecule has 2 aromatic carbocycles. The van der Waals surface area contributed by atoms with Crippen molar-refractivity contribution in [2.24, 2.45) is 0 Å². The van der Waals surface area contributed by atoms with E-state index in [1.54, 1.807) is 12.1 Å². The van der Waals surface area contributed by atoms with Gasteiger partial charge in [-0.1, -0.05) is 17.3 Å². The summed E-state index contributed by atoms with van der Waals surface area (Å²) >= 11 is 0. The fraction of sp³-hybridized carbons (Fsp3) is 0.391. The first-order valence-corrected chi connectivity index (χ1v) is 10.6. The lowest BCUT2D eigenvalue weighted by atomic mass is 9.98. The molecule has 31 heavy (non-hydrogen) atoms. The summed E-state index contributed by atoms with van der Waals surface area (Å²) in [4.78, 5) is 6.93. The minimum Gasteiger partial charge on any atom is -0.493 e. The molecule has 2 aliphatic rings. The predicted octanol–water partition coefficient (Wildman–Crippen LogP) is 4.25. The molecule has 0 bridgehead atoms. The van der Waals surface area contributed by atoms with Gasteiger partial charge in [0.15, 0.2) is 11.5 Å². The normalized spacial score (nSPS) is 18.3. The van der Waals surface area contributed by atoms with Gasteiger partial charge in [0.1, 0.15) is 11.6 Å². The number of halogens is 1. The van der Waals surface area contributed by atoms with Crippen LogP contribution in [0.3, 0.4) is 0 Å². The summed E-state index contributed by atoms with van der Waals surface area (Å²) < 4.78 is 35.5. The van der Waals surface area contributed by atoms with Gasteiger partial charge in [-0.3, -0.25) is 0 Å². The van der Waals surface area contributed by atoms with Crippen molar-refractivity contribution in [1.29, 1.82) is 0 Å². The lowest BCUT2D eigenvalue weighted by Gasteiger charge is -2.30. The van der Waals surface area contributed by atoms with E-state index in [9.17, 15) is 4.39 Å². The van der Waals surface area contributed by atoms with E-state index in [0.29, 0.717) is 23.9 Å². The molecule has 2 aliphatic heterocycles. The van der Waals surface area contributed by atoms with Gasteiger partial charge >= 0.3 is 0 Å².